The molecule has 0 bridgehead atoms. The Morgan fingerprint density at radius 3 is 2.46 bits per heavy atom. The zero-order chi connectivity index (χ0) is 28.7. The quantitative estimate of drug-likeness (QED) is 0.480. The van der Waals surface area contributed by atoms with Gasteiger partial charge in [-0.3, -0.25) is 14.4 Å². The number of benzene rings is 1. The van der Waals surface area contributed by atoms with Crippen molar-refractivity contribution >= 4 is 41.0 Å². The van der Waals surface area contributed by atoms with Crippen LogP contribution in [-0.2, 0) is 20.6 Å². The molecule has 5 amide bonds. The molecular weight excluding hydrogens is 543 g/mol. The number of aliphatic hydroxyl groups excluding tert-OH is 1. The summed E-state index contributed by atoms with van der Waals surface area (Å²) in [5.41, 5.74) is 4.42. The fourth-order valence-electron chi connectivity index (χ4n) is 5.30. The van der Waals surface area contributed by atoms with Crippen molar-refractivity contribution in [1.82, 2.24) is 14.7 Å². The largest absolute Gasteiger partial charge is 0.417 e. The molecule has 39 heavy (non-hydrogen) atoms. The first-order valence-corrected chi connectivity index (χ1v) is 13.1. The highest BCUT2D eigenvalue weighted by atomic mass is 35.5. The van der Waals surface area contributed by atoms with E-state index in [1.807, 2.05) is 0 Å². The number of primary amides is 1. The number of nitrogens with zero attached hydrogens (tertiary/aromatic N) is 3. The number of carbonyl (C=O) groups excluding carboxylic acids is 4. The second-order valence-corrected chi connectivity index (χ2v) is 10.9. The number of piperazine rings is 1. The van der Waals surface area contributed by atoms with Gasteiger partial charge in [0.1, 0.15) is 12.1 Å². The Kier molecular flexibility index (Phi) is 8.04. The highest BCUT2D eigenvalue weighted by Gasteiger charge is 2.51. The number of hydrogen-bond donors (Lipinski definition) is 3. The van der Waals surface area contributed by atoms with E-state index >= 15 is 0 Å². The Labute approximate surface area is 228 Å². The molecule has 14 heteroatoms. The van der Waals surface area contributed by atoms with Gasteiger partial charge < -0.3 is 30.9 Å². The first-order valence-electron chi connectivity index (χ1n) is 12.7. The van der Waals surface area contributed by atoms with Crippen molar-refractivity contribution in [3.05, 3.63) is 28.8 Å². The van der Waals surface area contributed by atoms with Gasteiger partial charge >= 0.3 is 12.2 Å². The smallest absolute Gasteiger partial charge is 0.391 e. The topological polar surface area (TPSA) is 136 Å². The molecule has 1 spiro atoms. The zero-order valence-electron chi connectivity index (χ0n) is 21.3. The fourth-order valence-corrected chi connectivity index (χ4v) is 5.59. The van der Waals surface area contributed by atoms with Gasteiger partial charge in [-0.05, 0) is 56.2 Å². The summed E-state index contributed by atoms with van der Waals surface area (Å²) >= 11 is 5.72. The first-order chi connectivity index (χ1) is 18.2. The minimum atomic E-state index is -4.66. The molecule has 2 aliphatic heterocycles. The van der Waals surface area contributed by atoms with E-state index in [0.29, 0.717) is 6.54 Å². The van der Waals surface area contributed by atoms with Crippen molar-refractivity contribution in [2.24, 2.45) is 11.1 Å². The summed E-state index contributed by atoms with van der Waals surface area (Å²) in [7, 11) is 0. The molecule has 0 unspecified atom stereocenters. The number of halogens is 4. The van der Waals surface area contributed by atoms with Gasteiger partial charge in [0.05, 0.1) is 23.2 Å². The Morgan fingerprint density at radius 2 is 1.90 bits per heavy atom. The van der Waals surface area contributed by atoms with E-state index in [4.69, 9.17) is 17.3 Å². The Hall–Kier alpha value is -3.06. The third-order valence-electron chi connectivity index (χ3n) is 7.98. The SMILES string of the molecule is C[C@H]1C(=O)N(CCCC(=O)N2CCC3(CC3)[C@H](O)C2)[C@@H](C(N)=O)CN1C(=O)Nc1ccc(C(F)(F)F)c(Cl)c1. The number of β-amino-alcohol motifs (C(OH)–C–C–N with tert-alkyl or cyclic N) is 1. The molecule has 1 saturated carbocycles. The van der Waals surface area contributed by atoms with Gasteiger partial charge in [-0.25, -0.2) is 4.79 Å². The maximum Gasteiger partial charge on any atom is 0.417 e. The predicted molar refractivity (Wildman–Crippen MR) is 134 cm³/mol. The lowest BCUT2D eigenvalue weighted by Gasteiger charge is -2.43. The van der Waals surface area contributed by atoms with Crippen LogP contribution >= 0.6 is 11.6 Å². The summed E-state index contributed by atoms with van der Waals surface area (Å²) in [4.78, 5) is 54.9. The van der Waals surface area contributed by atoms with Gasteiger partial charge in [0, 0.05) is 31.7 Å². The molecule has 1 aromatic carbocycles. The number of urea groups is 1. The van der Waals surface area contributed by atoms with E-state index in [1.54, 1.807) is 4.90 Å². The van der Waals surface area contributed by atoms with E-state index in [9.17, 15) is 37.5 Å². The van der Waals surface area contributed by atoms with Crippen molar-refractivity contribution in [1.29, 1.82) is 0 Å². The van der Waals surface area contributed by atoms with Crippen LogP contribution in [0.15, 0.2) is 18.2 Å². The average Bonchev–Trinajstić information content (AvgIpc) is 3.63. The molecule has 3 atom stereocenters. The van der Waals surface area contributed by atoms with Crippen LogP contribution in [0.25, 0.3) is 0 Å². The molecule has 214 valence electrons. The Bertz CT molecular complexity index is 1160. The number of carbonyl (C=O) groups is 4. The summed E-state index contributed by atoms with van der Waals surface area (Å²) in [6.07, 6.45) is -2.10. The number of nitrogens with two attached hydrogens (primary N) is 1. The maximum absolute atomic E-state index is 13.1. The molecular formula is C25H31ClF3N5O5. The number of piperidine rings is 1. The minimum absolute atomic E-state index is 0.0235. The summed E-state index contributed by atoms with van der Waals surface area (Å²) in [5.74, 6) is -1.54. The highest BCUT2D eigenvalue weighted by Crippen LogP contribution is 2.53. The van der Waals surface area contributed by atoms with E-state index in [-0.39, 0.29) is 49.5 Å². The van der Waals surface area contributed by atoms with E-state index in [2.05, 4.69) is 5.32 Å². The van der Waals surface area contributed by atoms with Crippen molar-refractivity contribution in [3.8, 4) is 0 Å². The van der Waals surface area contributed by atoms with Gasteiger partial charge in [0.25, 0.3) is 0 Å². The van der Waals surface area contributed by atoms with Gasteiger partial charge in [-0.15, -0.1) is 0 Å². The number of anilines is 1. The summed E-state index contributed by atoms with van der Waals surface area (Å²) in [6.45, 7) is 2.15. The number of hydrogen-bond acceptors (Lipinski definition) is 5. The molecule has 4 rings (SSSR count). The van der Waals surface area contributed by atoms with Gasteiger partial charge in [-0.2, -0.15) is 13.2 Å². The van der Waals surface area contributed by atoms with Crippen LogP contribution in [0.5, 0.6) is 0 Å². The van der Waals surface area contributed by atoms with Crippen LogP contribution < -0.4 is 11.1 Å². The molecule has 10 nitrogen and oxygen atoms in total. The van der Waals surface area contributed by atoms with Crippen molar-refractivity contribution in [3.63, 3.8) is 0 Å². The van der Waals surface area contributed by atoms with E-state index < -0.39 is 52.8 Å². The number of likely N-dealkylation sites (tertiary alicyclic amines) is 1. The molecule has 4 N–H and O–H groups in total. The van der Waals surface area contributed by atoms with Crippen LogP contribution in [0, 0.1) is 5.41 Å². The lowest BCUT2D eigenvalue weighted by Crippen LogP contribution is -2.66. The summed E-state index contributed by atoms with van der Waals surface area (Å²) in [6, 6.07) is -0.273. The summed E-state index contributed by atoms with van der Waals surface area (Å²) in [5, 5.41) is 12.1. The molecule has 1 aliphatic carbocycles. The number of aliphatic hydroxyl groups is 1. The lowest BCUT2D eigenvalue weighted by molar-refractivity contribution is -0.148. The number of amides is 5. The second-order valence-electron chi connectivity index (χ2n) is 10.5. The number of rotatable bonds is 6. The third kappa shape index (κ3) is 6.08. The van der Waals surface area contributed by atoms with E-state index in [1.165, 1.54) is 11.8 Å². The summed E-state index contributed by atoms with van der Waals surface area (Å²) < 4.78 is 38.9. The van der Waals surface area contributed by atoms with Gasteiger partial charge in [0.2, 0.25) is 17.7 Å². The van der Waals surface area contributed by atoms with Crippen molar-refractivity contribution < 1.29 is 37.5 Å². The van der Waals surface area contributed by atoms with Crippen LogP contribution in [0.4, 0.5) is 23.7 Å². The molecule has 3 fully saturated rings. The highest BCUT2D eigenvalue weighted by molar-refractivity contribution is 6.31. The van der Waals surface area contributed by atoms with Gasteiger partial charge in [-0.1, -0.05) is 11.6 Å². The maximum atomic E-state index is 13.1. The average molecular weight is 574 g/mol. The molecule has 3 aliphatic rings. The van der Waals surface area contributed by atoms with Crippen LogP contribution in [0.1, 0.15) is 44.6 Å². The van der Waals surface area contributed by atoms with Crippen LogP contribution in [0.3, 0.4) is 0 Å². The first kappa shape index (κ1) is 28.9. The van der Waals surface area contributed by atoms with Crippen molar-refractivity contribution in [2.45, 2.75) is 63.4 Å². The van der Waals surface area contributed by atoms with E-state index in [0.717, 1.165) is 42.4 Å². The molecule has 2 heterocycles. The Morgan fingerprint density at radius 1 is 1.21 bits per heavy atom. The van der Waals surface area contributed by atoms with Crippen molar-refractivity contribution in [2.75, 3.05) is 31.5 Å². The Balaban J connectivity index is 1.35. The van der Waals surface area contributed by atoms with Crippen LogP contribution in [0.2, 0.25) is 5.02 Å². The monoisotopic (exact) mass is 573 g/mol. The fraction of sp³-hybridized carbons (Fsp3) is 0.600. The lowest BCUT2D eigenvalue weighted by atomic mass is 9.90. The molecule has 1 aromatic rings. The molecule has 2 saturated heterocycles. The molecule has 0 radical (unpaired) electrons. The second kappa shape index (κ2) is 10.8. The van der Waals surface area contributed by atoms with Crippen LogP contribution in [-0.4, -0.2) is 87.9 Å². The minimum Gasteiger partial charge on any atom is -0.391 e. The number of nitrogens with one attached hydrogen (secondary N) is 1. The normalized spacial score (nSPS) is 24.6. The zero-order valence-corrected chi connectivity index (χ0v) is 22.1. The molecule has 0 aromatic heterocycles. The standard InChI is InChI=1S/C25H31ClF3N5O5/c1-14-22(38)33(9-2-3-20(36)32-10-8-24(6-7-24)19(35)13-32)18(21(30)37)12-34(14)23(39)31-15-4-5-16(17(26)11-15)25(27,28)29/h4-5,11,14,18-19,35H,2-3,6-10,12-13H2,1H3,(H2,30,37)(H,31,39)/t14-,18+,19+/m0/s1. The van der Waals surface area contributed by atoms with Gasteiger partial charge in [0.15, 0.2) is 0 Å². The number of alkyl halides is 3. The third-order valence-corrected chi connectivity index (χ3v) is 8.30. The predicted octanol–water partition coefficient (Wildman–Crippen LogP) is 2.43.